The normalized spacial score (nSPS) is 18.0. The first-order chi connectivity index (χ1) is 10.7. The van der Waals surface area contributed by atoms with Gasteiger partial charge in [-0.1, -0.05) is 0 Å². The summed E-state index contributed by atoms with van der Waals surface area (Å²) >= 11 is 1.80. The van der Waals surface area contributed by atoms with Gasteiger partial charge in [0.1, 0.15) is 0 Å². The molecule has 4 heterocycles. The number of hydrogen-bond acceptors (Lipinski definition) is 5. The van der Waals surface area contributed by atoms with Crippen molar-refractivity contribution in [1.29, 1.82) is 0 Å². The molecule has 1 fully saturated rings. The molecular weight excluding hydrogens is 296 g/mol. The van der Waals surface area contributed by atoms with Gasteiger partial charge in [0.15, 0.2) is 0 Å². The molecule has 114 valence electrons. The Hall–Kier alpha value is -1.95. The second-order valence-electron chi connectivity index (χ2n) is 6.04. The topological polar surface area (TPSA) is 49.3 Å². The van der Waals surface area contributed by atoms with Crippen molar-refractivity contribution >= 4 is 23.2 Å². The van der Waals surface area contributed by atoms with Crippen LogP contribution >= 0.6 is 11.3 Å². The van der Waals surface area contributed by atoms with Crippen LogP contribution in [0.5, 0.6) is 0 Å². The number of fused-ring (bicyclic) bond motifs is 1. The van der Waals surface area contributed by atoms with Crippen molar-refractivity contribution in [1.82, 2.24) is 14.9 Å². The number of hydrogen-bond donors (Lipinski definition) is 0. The van der Waals surface area contributed by atoms with Crippen LogP contribution in [-0.2, 0) is 17.8 Å². The summed E-state index contributed by atoms with van der Waals surface area (Å²) in [6, 6.07) is 2.15. The third kappa shape index (κ3) is 2.37. The molecule has 1 amide bonds. The SMILES string of the molecule is Cc1cnc(N2CC(C(=O)N3CCc4sccc4C3)C2)nc1. The summed E-state index contributed by atoms with van der Waals surface area (Å²) in [6.45, 7) is 5.06. The van der Waals surface area contributed by atoms with E-state index >= 15 is 0 Å². The molecule has 0 saturated carbocycles. The summed E-state index contributed by atoms with van der Waals surface area (Å²) in [4.78, 5) is 26.8. The maximum atomic E-state index is 12.6. The molecule has 6 heteroatoms. The molecule has 0 atom stereocenters. The lowest BCUT2D eigenvalue weighted by Crippen LogP contribution is -2.55. The lowest BCUT2D eigenvalue weighted by molar-refractivity contribution is -0.137. The van der Waals surface area contributed by atoms with Gasteiger partial charge in [0.25, 0.3) is 0 Å². The van der Waals surface area contributed by atoms with E-state index in [2.05, 4.69) is 26.3 Å². The van der Waals surface area contributed by atoms with Crippen molar-refractivity contribution in [3.8, 4) is 0 Å². The lowest BCUT2D eigenvalue weighted by Gasteiger charge is -2.41. The second-order valence-corrected chi connectivity index (χ2v) is 7.04. The molecule has 5 nitrogen and oxygen atoms in total. The van der Waals surface area contributed by atoms with Crippen molar-refractivity contribution in [2.45, 2.75) is 19.9 Å². The number of nitrogens with zero attached hydrogens (tertiary/aromatic N) is 4. The van der Waals surface area contributed by atoms with Crippen LogP contribution in [0.3, 0.4) is 0 Å². The summed E-state index contributed by atoms with van der Waals surface area (Å²) in [5, 5.41) is 2.12. The predicted octanol–water partition coefficient (Wildman–Crippen LogP) is 1.87. The molecule has 0 N–H and O–H groups in total. The lowest BCUT2D eigenvalue weighted by atomic mass is 9.97. The van der Waals surface area contributed by atoms with Crippen molar-refractivity contribution in [3.05, 3.63) is 39.8 Å². The van der Waals surface area contributed by atoms with Crippen LogP contribution in [0, 0.1) is 12.8 Å². The summed E-state index contributed by atoms with van der Waals surface area (Å²) < 4.78 is 0. The third-order valence-electron chi connectivity index (χ3n) is 4.40. The van der Waals surface area contributed by atoms with E-state index in [1.807, 2.05) is 24.2 Å². The summed E-state index contributed by atoms with van der Waals surface area (Å²) in [7, 11) is 0. The summed E-state index contributed by atoms with van der Waals surface area (Å²) in [5.41, 5.74) is 2.37. The molecule has 0 aliphatic carbocycles. The van der Waals surface area contributed by atoms with Gasteiger partial charge in [-0.05, 0) is 35.9 Å². The van der Waals surface area contributed by atoms with Crippen LogP contribution in [0.1, 0.15) is 16.0 Å². The van der Waals surface area contributed by atoms with E-state index in [0.29, 0.717) is 0 Å². The zero-order valence-corrected chi connectivity index (χ0v) is 13.3. The Morgan fingerprint density at radius 2 is 2.09 bits per heavy atom. The number of anilines is 1. The van der Waals surface area contributed by atoms with Crippen LogP contribution in [-0.4, -0.2) is 40.4 Å². The number of amides is 1. The van der Waals surface area contributed by atoms with Gasteiger partial charge in [-0.2, -0.15) is 0 Å². The van der Waals surface area contributed by atoms with Crippen molar-refractivity contribution in [3.63, 3.8) is 0 Å². The molecule has 4 rings (SSSR count). The van der Waals surface area contributed by atoms with Gasteiger partial charge < -0.3 is 9.80 Å². The molecule has 2 aromatic heterocycles. The fraction of sp³-hybridized carbons (Fsp3) is 0.438. The molecule has 1 saturated heterocycles. The Morgan fingerprint density at radius 3 is 2.86 bits per heavy atom. The standard InChI is InChI=1S/C16H18N4OS/c1-11-6-17-16(18-7-11)20-9-13(10-20)15(21)19-4-2-14-12(8-19)3-5-22-14/h3,5-7,13H,2,4,8-10H2,1H3. The Labute approximate surface area is 133 Å². The Kier molecular flexibility index (Phi) is 3.33. The minimum Gasteiger partial charge on any atom is -0.339 e. The summed E-state index contributed by atoms with van der Waals surface area (Å²) in [5.74, 6) is 1.10. The first kappa shape index (κ1) is 13.7. The molecule has 2 aromatic rings. The van der Waals surface area contributed by atoms with E-state index in [9.17, 15) is 4.79 Å². The van der Waals surface area contributed by atoms with Crippen molar-refractivity contribution in [2.75, 3.05) is 24.5 Å². The minimum atomic E-state index is 0.0880. The Bertz CT molecular complexity index is 690. The van der Waals surface area contributed by atoms with Gasteiger partial charge in [0.2, 0.25) is 11.9 Å². The molecule has 0 aromatic carbocycles. The number of rotatable bonds is 2. The molecule has 22 heavy (non-hydrogen) atoms. The molecule has 0 radical (unpaired) electrons. The predicted molar refractivity (Wildman–Crippen MR) is 85.9 cm³/mol. The van der Waals surface area contributed by atoms with E-state index < -0.39 is 0 Å². The maximum Gasteiger partial charge on any atom is 0.229 e. The first-order valence-electron chi connectivity index (χ1n) is 7.58. The molecule has 2 aliphatic heterocycles. The summed E-state index contributed by atoms with van der Waals surface area (Å²) in [6.07, 6.45) is 4.64. The smallest absolute Gasteiger partial charge is 0.229 e. The molecule has 0 bridgehead atoms. The van der Waals surface area contributed by atoms with Crippen LogP contribution < -0.4 is 4.90 Å². The number of carbonyl (C=O) groups excluding carboxylic acids is 1. The van der Waals surface area contributed by atoms with Gasteiger partial charge in [0.05, 0.1) is 5.92 Å². The zero-order valence-electron chi connectivity index (χ0n) is 12.5. The van der Waals surface area contributed by atoms with Gasteiger partial charge in [-0.3, -0.25) is 4.79 Å². The number of aryl methyl sites for hydroxylation is 1. The second kappa shape index (κ2) is 5.35. The highest BCUT2D eigenvalue weighted by Crippen LogP contribution is 2.28. The van der Waals surface area contributed by atoms with E-state index in [-0.39, 0.29) is 11.8 Å². The highest BCUT2D eigenvalue weighted by atomic mass is 32.1. The van der Waals surface area contributed by atoms with Gasteiger partial charge in [-0.25, -0.2) is 9.97 Å². The molecule has 2 aliphatic rings. The van der Waals surface area contributed by atoms with Crippen molar-refractivity contribution in [2.24, 2.45) is 5.92 Å². The molecular formula is C16H18N4OS. The van der Waals surface area contributed by atoms with E-state index in [1.54, 1.807) is 11.3 Å². The van der Waals surface area contributed by atoms with Crippen molar-refractivity contribution < 1.29 is 4.79 Å². The third-order valence-corrected chi connectivity index (χ3v) is 5.42. The Balaban J connectivity index is 1.37. The van der Waals surface area contributed by atoms with Crippen LogP contribution in [0.25, 0.3) is 0 Å². The van der Waals surface area contributed by atoms with E-state index in [4.69, 9.17) is 0 Å². The first-order valence-corrected chi connectivity index (χ1v) is 8.46. The quantitative estimate of drug-likeness (QED) is 0.849. The Morgan fingerprint density at radius 1 is 1.32 bits per heavy atom. The molecule has 0 unspecified atom stereocenters. The van der Waals surface area contributed by atoms with E-state index in [1.165, 1.54) is 10.4 Å². The fourth-order valence-electron chi connectivity index (χ4n) is 3.04. The van der Waals surface area contributed by atoms with Crippen LogP contribution in [0.4, 0.5) is 5.95 Å². The average Bonchev–Trinajstić information content (AvgIpc) is 2.95. The fourth-order valence-corrected chi connectivity index (χ4v) is 3.93. The molecule has 0 spiro atoms. The van der Waals surface area contributed by atoms with Crippen LogP contribution in [0.15, 0.2) is 23.8 Å². The largest absolute Gasteiger partial charge is 0.339 e. The minimum absolute atomic E-state index is 0.0880. The van der Waals surface area contributed by atoms with Gasteiger partial charge >= 0.3 is 0 Å². The average molecular weight is 314 g/mol. The number of aromatic nitrogens is 2. The monoisotopic (exact) mass is 314 g/mol. The number of carbonyl (C=O) groups is 1. The maximum absolute atomic E-state index is 12.6. The zero-order chi connectivity index (χ0) is 15.1. The van der Waals surface area contributed by atoms with Gasteiger partial charge in [0, 0.05) is 43.4 Å². The van der Waals surface area contributed by atoms with E-state index in [0.717, 1.165) is 44.1 Å². The highest BCUT2D eigenvalue weighted by molar-refractivity contribution is 7.10. The number of thiophene rings is 1. The highest BCUT2D eigenvalue weighted by Gasteiger charge is 2.37. The van der Waals surface area contributed by atoms with Crippen LogP contribution in [0.2, 0.25) is 0 Å². The van der Waals surface area contributed by atoms with Gasteiger partial charge in [-0.15, -0.1) is 11.3 Å².